The summed E-state index contributed by atoms with van der Waals surface area (Å²) >= 11 is 0. The molecular formula is C8H17NO. The van der Waals surface area contributed by atoms with Crippen LogP contribution in [0.5, 0.6) is 0 Å². The van der Waals surface area contributed by atoms with Crippen molar-refractivity contribution < 1.29 is 4.74 Å². The van der Waals surface area contributed by atoms with Crippen LogP contribution >= 0.6 is 0 Å². The zero-order chi connectivity index (χ0) is 7.40. The lowest BCUT2D eigenvalue weighted by Gasteiger charge is -2.27. The molecule has 1 heterocycles. The summed E-state index contributed by atoms with van der Waals surface area (Å²) in [5.41, 5.74) is 0. The van der Waals surface area contributed by atoms with Crippen LogP contribution in [0.4, 0.5) is 0 Å². The zero-order valence-corrected chi connectivity index (χ0v) is 6.89. The van der Waals surface area contributed by atoms with Crippen molar-refractivity contribution in [1.82, 2.24) is 5.32 Å². The second-order valence-corrected chi connectivity index (χ2v) is 3.04. The summed E-state index contributed by atoms with van der Waals surface area (Å²) in [6.45, 7) is 6.23. The summed E-state index contributed by atoms with van der Waals surface area (Å²) in [4.78, 5) is 0. The number of hydrogen-bond donors (Lipinski definition) is 1. The van der Waals surface area contributed by atoms with Gasteiger partial charge in [-0.15, -0.1) is 0 Å². The van der Waals surface area contributed by atoms with E-state index in [0.717, 1.165) is 13.2 Å². The lowest BCUT2D eigenvalue weighted by atomic mass is 10.1. The van der Waals surface area contributed by atoms with E-state index in [0.29, 0.717) is 12.1 Å². The van der Waals surface area contributed by atoms with Gasteiger partial charge in [-0.1, -0.05) is 13.3 Å². The van der Waals surface area contributed by atoms with E-state index in [1.165, 1.54) is 12.8 Å². The van der Waals surface area contributed by atoms with E-state index in [1.54, 1.807) is 0 Å². The first-order valence-corrected chi connectivity index (χ1v) is 4.18. The molecule has 1 N–H and O–H groups in total. The van der Waals surface area contributed by atoms with Gasteiger partial charge < -0.3 is 10.1 Å². The van der Waals surface area contributed by atoms with Gasteiger partial charge in [-0.2, -0.15) is 0 Å². The van der Waals surface area contributed by atoms with E-state index in [1.807, 2.05) is 0 Å². The summed E-state index contributed by atoms with van der Waals surface area (Å²) in [7, 11) is 0. The Morgan fingerprint density at radius 3 is 2.90 bits per heavy atom. The minimum atomic E-state index is 0.410. The molecule has 10 heavy (non-hydrogen) atoms. The molecule has 0 aromatic rings. The monoisotopic (exact) mass is 143 g/mol. The molecular weight excluding hydrogens is 126 g/mol. The third-order valence-corrected chi connectivity index (χ3v) is 1.91. The normalized spacial score (nSPS) is 34.2. The SMILES string of the molecule is CCC[C@@H]1CO[C@@H](C)CN1. The predicted octanol–water partition coefficient (Wildman–Crippen LogP) is 1.16. The van der Waals surface area contributed by atoms with Crippen LogP contribution in [0.1, 0.15) is 26.7 Å². The van der Waals surface area contributed by atoms with E-state index in [2.05, 4.69) is 19.2 Å². The molecule has 1 rings (SSSR count). The van der Waals surface area contributed by atoms with Crippen molar-refractivity contribution in [3.63, 3.8) is 0 Å². The molecule has 1 saturated heterocycles. The van der Waals surface area contributed by atoms with Crippen LogP contribution in [-0.2, 0) is 4.74 Å². The van der Waals surface area contributed by atoms with Gasteiger partial charge in [0.15, 0.2) is 0 Å². The number of rotatable bonds is 2. The third-order valence-electron chi connectivity index (χ3n) is 1.91. The second-order valence-electron chi connectivity index (χ2n) is 3.04. The number of ether oxygens (including phenoxy) is 1. The van der Waals surface area contributed by atoms with Crippen LogP contribution in [0.25, 0.3) is 0 Å². The van der Waals surface area contributed by atoms with Gasteiger partial charge in [-0.25, -0.2) is 0 Å². The first kappa shape index (κ1) is 8.02. The van der Waals surface area contributed by atoms with Crippen LogP contribution in [0.15, 0.2) is 0 Å². The van der Waals surface area contributed by atoms with Crippen molar-refractivity contribution in [1.29, 1.82) is 0 Å². The van der Waals surface area contributed by atoms with Gasteiger partial charge in [-0.05, 0) is 13.3 Å². The Kier molecular flexibility index (Phi) is 3.16. The molecule has 1 aliphatic rings. The summed E-state index contributed by atoms with van der Waals surface area (Å²) in [6, 6.07) is 0.612. The lowest BCUT2D eigenvalue weighted by molar-refractivity contribution is 0.0134. The molecule has 60 valence electrons. The average molecular weight is 143 g/mol. The summed E-state index contributed by atoms with van der Waals surface area (Å²) in [5, 5.41) is 3.44. The molecule has 2 atom stereocenters. The summed E-state index contributed by atoms with van der Waals surface area (Å²) in [5.74, 6) is 0. The molecule has 1 aliphatic heterocycles. The Bertz CT molecular complexity index is 87.3. The summed E-state index contributed by atoms with van der Waals surface area (Å²) < 4.78 is 5.48. The fourth-order valence-electron chi connectivity index (χ4n) is 1.26. The highest BCUT2D eigenvalue weighted by molar-refractivity contribution is 4.72. The molecule has 0 unspecified atom stereocenters. The standard InChI is InChI=1S/C8H17NO/c1-3-4-8-6-10-7(2)5-9-8/h7-9H,3-6H2,1-2H3/t7-,8+/m0/s1. The fourth-order valence-corrected chi connectivity index (χ4v) is 1.26. The highest BCUT2D eigenvalue weighted by Gasteiger charge is 2.15. The highest BCUT2D eigenvalue weighted by atomic mass is 16.5. The Morgan fingerprint density at radius 2 is 2.40 bits per heavy atom. The van der Waals surface area contributed by atoms with Gasteiger partial charge in [0, 0.05) is 12.6 Å². The number of morpholine rings is 1. The van der Waals surface area contributed by atoms with Gasteiger partial charge in [0.2, 0.25) is 0 Å². The molecule has 0 radical (unpaired) electrons. The Morgan fingerprint density at radius 1 is 1.60 bits per heavy atom. The van der Waals surface area contributed by atoms with Crippen molar-refractivity contribution in [2.75, 3.05) is 13.2 Å². The van der Waals surface area contributed by atoms with Crippen molar-refractivity contribution in [3.8, 4) is 0 Å². The fraction of sp³-hybridized carbons (Fsp3) is 1.00. The van der Waals surface area contributed by atoms with E-state index >= 15 is 0 Å². The highest BCUT2D eigenvalue weighted by Crippen LogP contribution is 2.04. The third kappa shape index (κ3) is 2.27. The van der Waals surface area contributed by atoms with Crippen molar-refractivity contribution in [2.45, 2.75) is 38.8 Å². The molecule has 0 saturated carbocycles. The van der Waals surface area contributed by atoms with Crippen LogP contribution in [0.3, 0.4) is 0 Å². The van der Waals surface area contributed by atoms with Gasteiger partial charge in [-0.3, -0.25) is 0 Å². The first-order valence-electron chi connectivity index (χ1n) is 4.18. The quantitative estimate of drug-likeness (QED) is 0.626. The number of nitrogens with one attached hydrogen (secondary N) is 1. The minimum absolute atomic E-state index is 0.410. The smallest absolute Gasteiger partial charge is 0.0672 e. The molecule has 2 nitrogen and oxygen atoms in total. The van der Waals surface area contributed by atoms with Crippen molar-refractivity contribution >= 4 is 0 Å². The molecule has 0 aromatic heterocycles. The van der Waals surface area contributed by atoms with Crippen LogP contribution in [0, 0.1) is 0 Å². The van der Waals surface area contributed by atoms with Gasteiger partial charge >= 0.3 is 0 Å². The maximum Gasteiger partial charge on any atom is 0.0672 e. The molecule has 0 bridgehead atoms. The predicted molar refractivity (Wildman–Crippen MR) is 42.1 cm³/mol. The molecule has 0 spiro atoms. The Hall–Kier alpha value is -0.0800. The second kappa shape index (κ2) is 3.94. The Labute approximate surface area is 63.0 Å². The van der Waals surface area contributed by atoms with E-state index in [9.17, 15) is 0 Å². The number of hydrogen-bond acceptors (Lipinski definition) is 2. The maximum absolute atomic E-state index is 5.48. The van der Waals surface area contributed by atoms with Gasteiger partial charge in [0.25, 0.3) is 0 Å². The molecule has 2 heteroatoms. The Balaban J connectivity index is 2.13. The maximum atomic E-state index is 5.48. The van der Waals surface area contributed by atoms with Crippen LogP contribution in [0.2, 0.25) is 0 Å². The summed E-state index contributed by atoms with van der Waals surface area (Å²) in [6.07, 6.45) is 2.90. The van der Waals surface area contributed by atoms with Gasteiger partial charge in [0.1, 0.15) is 0 Å². The largest absolute Gasteiger partial charge is 0.376 e. The molecule has 0 aliphatic carbocycles. The topological polar surface area (TPSA) is 21.3 Å². The lowest BCUT2D eigenvalue weighted by Crippen LogP contribution is -2.45. The van der Waals surface area contributed by atoms with Gasteiger partial charge in [0.05, 0.1) is 12.7 Å². The molecule has 1 fully saturated rings. The molecule has 0 aromatic carbocycles. The van der Waals surface area contributed by atoms with Crippen molar-refractivity contribution in [2.24, 2.45) is 0 Å². The van der Waals surface area contributed by atoms with E-state index in [-0.39, 0.29) is 0 Å². The van der Waals surface area contributed by atoms with Crippen LogP contribution in [-0.4, -0.2) is 25.3 Å². The van der Waals surface area contributed by atoms with Crippen molar-refractivity contribution in [3.05, 3.63) is 0 Å². The van der Waals surface area contributed by atoms with Crippen LogP contribution < -0.4 is 5.32 Å². The van der Waals surface area contributed by atoms with E-state index < -0.39 is 0 Å². The first-order chi connectivity index (χ1) is 4.83. The minimum Gasteiger partial charge on any atom is -0.376 e. The van der Waals surface area contributed by atoms with E-state index in [4.69, 9.17) is 4.74 Å². The average Bonchev–Trinajstić information content (AvgIpc) is 1.95. The molecule has 0 amide bonds. The zero-order valence-electron chi connectivity index (χ0n) is 6.89.